The molecule has 1 heterocycles. The maximum absolute atomic E-state index is 11.6. The van der Waals surface area contributed by atoms with Crippen LogP contribution in [0.5, 0.6) is 0 Å². The Morgan fingerprint density at radius 2 is 2.11 bits per heavy atom. The van der Waals surface area contributed by atoms with Crippen molar-refractivity contribution in [1.29, 1.82) is 0 Å². The topological polar surface area (TPSA) is 41.6 Å². The highest BCUT2D eigenvalue weighted by molar-refractivity contribution is 5.71. The van der Waals surface area contributed by atoms with Crippen molar-refractivity contribution in [3.63, 3.8) is 0 Å². The first-order valence-corrected chi connectivity index (χ1v) is 6.74. The van der Waals surface area contributed by atoms with Crippen LogP contribution in [-0.4, -0.2) is 38.8 Å². The highest BCUT2D eigenvalue weighted by Crippen LogP contribution is 2.28. The zero-order valence-corrected chi connectivity index (χ0v) is 11.9. The molecule has 19 heavy (non-hydrogen) atoms. The van der Waals surface area contributed by atoms with Gasteiger partial charge in [-0.1, -0.05) is 18.2 Å². The minimum absolute atomic E-state index is 0.148. The minimum atomic E-state index is -0.148. The van der Waals surface area contributed by atoms with Gasteiger partial charge in [0.2, 0.25) is 0 Å². The number of hydrogen-bond acceptors (Lipinski definition) is 4. The van der Waals surface area contributed by atoms with E-state index >= 15 is 0 Å². The second-order valence-corrected chi connectivity index (χ2v) is 5.07. The molecule has 0 aliphatic carbocycles. The summed E-state index contributed by atoms with van der Waals surface area (Å²) < 4.78 is 4.80. The first-order valence-electron chi connectivity index (χ1n) is 6.74. The molecule has 4 nitrogen and oxygen atoms in total. The maximum Gasteiger partial charge on any atom is 0.307 e. The third-order valence-electron chi connectivity index (χ3n) is 3.71. The van der Waals surface area contributed by atoms with E-state index in [4.69, 9.17) is 4.74 Å². The van der Waals surface area contributed by atoms with Gasteiger partial charge in [0, 0.05) is 25.3 Å². The Hall–Kier alpha value is -1.55. The van der Waals surface area contributed by atoms with Gasteiger partial charge in [-0.05, 0) is 25.0 Å². The number of piperazine rings is 1. The average molecular weight is 262 g/mol. The van der Waals surface area contributed by atoms with Crippen molar-refractivity contribution >= 4 is 11.7 Å². The number of esters is 1. The number of aryl methyl sites for hydroxylation is 2. The van der Waals surface area contributed by atoms with Crippen molar-refractivity contribution in [2.24, 2.45) is 0 Å². The molecule has 0 amide bonds. The molecule has 1 atom stereocenters. The minimum Gasteiger partial charge on any atom is -0.469 e. The Morgan fingerprint density at radius 3 is 2.74 bits per heavy atom. The molecule has 1 aromatic rings. The summed E-state index contributed by atoms with van der Waals surface area (Å²) in [5.74, 6) is -0.148. The zero-order chi connectivity index (χ0) is 13.8. The Labute approximate surface area is 114 Å². The number of benzene rings is 1. The van der Waals surface area contributed by atoms with Crippen LogP contribution in [0.3, 0.4) is 0 Å². The van der Waals surface area contributed by atoms with Gasteiger partial charge in [0.15, 0.2) is 0 Å². The summed E-state index contributed by atoms with van der Waals surface area (Å²) in [5, 5.41) is 3.35. The smallest absolute Gasteiger partial charge is 0.307 e. The van der Waals surface area contributed by atoms with Crippen molar-refractivity contribution in [3.8, 4) is 0 Å². The summed E-state index contributed by atoms with van der Waals surface area (Å²) >= 11 is 0. The number of methoxy groups -OCH3 is 1. The van der Waals surface area contributed by atoms with Gasteiger partial charge in [-0.25, -0.2) is 0 Å². The number of nitrogens with zero attached hydrogens (tertiary/aromatic N) is 1. The Balaban J connectivity index is 2.26. The summed E-state index contributed by atoms with van der Waals surface area (Å²) in [6.07, 6.45) is 0.428. The van der Waals surface area contributed by atoms with Gasteiger partial charge in [0.05, 0.1) is 19.6 Å². The third-order valence-corrected chi connectivity index (χ3v) is 3.71. The van der Waals surface area contributed by atoms with Gasteiger partial charge < -0.3 is 15.0 Å². The monoisotopic (exact) mass is 262 g/mol. The quantitative estimate of drug-likeness (QED) is 0.841. The Bertz CT molecular complexity index is 439. The van der Waals surface area contributed by atoms with Crippen LogP contribution in [0.2, 0.25) is 0 Å². The molecular weight excluding hydrogens is 240 g/mol. The van der Waals surface area contributed by atoms with Gasteiger partial charge in [-0.2, -0.15) is 0 Å². The van der Waals surface area contributed by atoms with Gasteiger partial charge in [-0.3, -0.25) is 4.79 Å². The van der Waals surface area contributed by atoms with Crippen LogP contribution in [-0.2, 0) is 9.53 Å². The van der Waals surface area contributed by atoms with E-state index < -0.39 is 0 Å². The van der Waals surface area contributed by atoms with Crippen LogP contribution < -0.4 is 10.2 Å². The summed E-state index contributed by atoms with van der Waals surface area (Å²) in [6.45, 7) is 6.95. The molecular formula is C15H22N2O2. The van der Waals surface area contributed by atoms with Crippen molar-refractivity contribution in [3.05, 3.63) is 29.3 Å². The number of carbonyl (C=O) groups is 1. The number of hydrogen-bond donors (Lipinski definition) is 1. The molecule has 0 saturated carbocycles. The number of rotatable bonds is 3. The second-order valence-electron chi connectivity index (χ2n) is 5.07. The molecule has 1 aliphatic rings. The first-order chi connectivity index (χ1) is 9.13. The summed E-state index contributed by atoms with van der Waals surface area (Å²) in [4.78, 5) is 13.9. The van der Waals surface area contributed by atoms with Gasteiger partial charge in [0.25, 0.3) is 0 Å². The van der Waals surface area contributed by atoms with E-state index in [0.717, 1.165) is 19.6 Å². The van der Waals surface area contributed by atoms with Gasteiger partial charge >= 0.3 is 5.97 Å². The summed E-state index contributed by atoms with van der Waals surface area (Å²) in [5.41, 5.74) is 3.78. The Morgan fingerprint density at radius 1 is 1.42 bits per heavy atom. The van der Waals surface area contributed by atoms with Crippen LogP contribution >= 0.6 is 0 Å². The highest BCUT2D eigenvalue weighted by Gasteiger charge is 2.26. The maximum atomic E-state index is 11.6. The molecule has 104 valence electrons. The Kier molecular flexibility index (Phi) is 4.43. The van der Waals surface area contributed by atoms with Crippen molar-refractivity contribution in [2.75, 3.05) is 31.6 Å². The summed E-state index contributed by atoms with van der Waals surface area (Å²) in [7, 11) is 1.45. The lowest BCUT2D eigenvalue weighted by Gasteiger charge is -2.39. The van der Waals surface area contributed by atoms with Crippen molar-refractivity contribution in [2.45, 2.75) is 26.3 Å². The molecule has 2 rings (SSSR count). The predicted molar refractivity (Wildman–Crippen MR) is 76.6 cm³/mol. The molecule has 0 bridgehead atoms. The van der Waals surface area contributed by atoms with Crippen LogP contribution in [0, 0.1) is 13.8 Å². The molecule has 0 radical (unpaired) electrons. The molecule has 4 heteroatoms. The normalized spacial score (nSPS) is 19.3. The highest BCUT2D eigenvalue weighted by atomic mass is 16.5. The van der Waals surface area contributed by atoms with Gasteiger partial charge in [0.1, 0.15) is 0 Å². The van der Waals surface area contributed by atoms with Crippen LogP contribution in [0.25, 0.3) is 0 Å². The molecule has 1 unspecified atom stereocenters. The van der Waals surface area contributed by atoms with E-state index in [0.29, 0.717) is 6.42 Å². The number of ether oxygens (including phenoxy) is 1. The van der Waals surface area contributed by atoms with Crippen LogP contribution in [0.4, 0.5) is 5.69 Å². The molecule has 1 aromatic carbocycles. The fourth-order valence-corrected chi connectivity index (χ4v) is 2.77. The second kappa shape index (κ2) is 6.06. The van der Waals surface area contributed by atoms with E-state index in [1.54, 1.807) is 0 Å². The van der Waals surface area contributed by atoms with E-state index in [1.165, 1.54) is 23.9 Å². The van der Waals surface area contributed by atoms with E-state index in [-0.39, 0.29) is 12.0 Å². The number of carbonyl (C=O) groups excluding carboxylic acids is 1. The largest absolute Gasteiger partial charge is 0.469 e. The number of anilines is 1. The SMILES string of the molecule is COC(=O)CC1CNCCN1c1c(C)cccc1C. The average Bonchev–Trinajstić information content (AvgIpc) is 2.40. The van der Waals surface area contributed by atoms with Crippen LogP contribution in [0.1, 0.15) is 17.5 Å². The molecule has 1 N–H and O–H groups in total. The lowest BCUT2D eigenvalue weighted by atomic mass is 10.0. The van der Waals surface area contributed by atoms with E-state index in [1.807, 2.05) is 0 Å². The lowest BCUT2D eigenvalue weighted by molar-refractivity contribution is -0.141. The molecule has 1 aliphatic heterocycles. The van der Waals surface area contributed by atoms with Crippen molar-refractivity contribution < 1.29 is 9.53 Å². The van der Waals surface area contributed by atoms with Gasteiger partial charge in [-0.15, -0.1) is 0 Å². The first kappa shape index (κ1) is 13.9. The van der Waals surface area contributed by atoms with Crippen molar-refractivity contribution in [1.82, 2.24) is 5.32 Å². The standard InChI is InChI=1S/C15H22N2O2/c1-11-5-4-6-12(2)15(11)17-8-7-16-10-13(17)9-14(18)19-3/h4-6,13,16H,7-10H2,1-3H3. The van der Waals surface area contributed by atoms with Crippen LogP contribution in [0.15, 0.2) is 18.2 Å². The number of nitrogens with one attached hydrogen (secondary N) is 1. The molecule has 1 fully saturated rings. The molecule has 0 aromatic heterocycles. The zero-order valence-electron chi connectivity index (χ0n) is 11.9. The van der Waals surface area contributed by atoms with E-state index in [9.17, 15) is 4.79 Å². The molecule has 0 spiro atoms. The lowest BCUT2D eigenvalue weighted by Crippen LogP contribution is -2.52. The fourth-order valence-electron chi connectivity index (χ4n) is 2.77. The number of para-hydroxylation sites is 1. The predicted octanol–water partition coefficient (Wildman–Crippen LogP) is 1.64. The fraction of sp³-hybridized carbons (Fsp3) is 0.533. The van der Waals surface area contributed by atoms with E-state index in [2.05, 4.69) is 42.3 Å². The molecule has 1 saturated heterocycles. The summed E-state index contributed by atoms with van der Waals surface area (Å²) in [6, 6.07) is 6.49. The third kappa shape index (κ3) is 3.07.